The Morgan fingerprint density at radius 3 is 2.84 bits per heavy atom. The third kappa shape index (κ3) is 3.65. The molecule has 1 saturated heterocycles. The highest BCUT2D eigenvalue weighted by atomic mass is 16.5. The Morgan fingerprint density at radius 2 is 2.13 bits per heavy atom. The van der Waals surface area contributed by atoms with E-state index >= 15 is 0 Å². The van der Waals surface area contributed by atoms with Gasteiger partial charge in [-0.3, -0.25) is 14.9 Å². The molecule has 2 N–H and O–H groups in total. The van der Waals surface area contributed by atoms with Crippen molar-refractivity contribution in [2.75, 3.05) is 12.4 Å². The summed E-state index contributed by atoms with van der Waals surface area (Å²) >= 11 is 0. The molecule has 0 radical (unpaired) electrons. The van der Waals surface area contributed by atoms with Gasteiger partial charge >= 0.3 is 5.97 Å². The average molecular weight is 417 g/mol. The summed E-state index contributed by atoms with van der Waals surface area (Å²) in [6, 6.07) is 9.31. The maximum absolute atomic E-state index is 12.0. The summed E-state index contributed by atoms with van der Waals surface area (Å²) in [5.41, 5.74) is 3.37. The molecule has 0 unspecified atom stereocenters. The lowest BCUT2D eigenvalue weighted by atomic mass is 10.1. The number of anilines is 1. The molecule has 0 bridgehead atoms. The van der Waals surface area contributed by atoms with Gasteiger partial charge in [-0.25, -0.2) is 9.78 Å². The number of methoxy groups -OCH3 is 1. The van der Waals surface area contributed by atoms with E-state index < -0.39 is 11.9 Å². The molecule has 3 aromatic rings. The molecule has 2 fully saturated rings. The largest absolute Gasteiger partial charge is 0.465 e. The third-order valence-corrected chi connectivity index (χ3v) is 5.23. The number of imide groups is 1. The number of amides is 2. The number of benzene rings is 1. The molecule has 1 aromatic carbocycles. The molecule has 0 atom stereocenters. The van der Waals surface area contributed by atoms with Crippen molar-refractivity contribution in [2.24, 2.45) is 0 Å². The van der Waals surface area contributed by atoms with Gasteiger partial charge in [0.1, 0.15) is 5.82 Å². The van der Waals surface area contributed by atoms with E-state index in [0.717, 1.165) is 24.2 Å². The lowest BCUT2D eigenvalue weighted by Crippen LogP contribution is -2.19. The van der Waals surface area contributed by atoms with Gasteiger partial charge in [-0.15, -0.1) is 0 Å². The molecular weight excluding hydrogens is 398 g/mol. The van der Waals surface area contributed by atoms with Gasteiger partial charge in [0.2, 0.25) is 5.91 Å². The quantitative estimate of drug-likeness (QED) is 0.371. The first-order valence-electron chi connectivity index (χ1n) is 9.90. The number of carbonyl (C=O) groups is 3. The van der Waals surface area contributed by atoms with E-state index in [0.29, 0.717) is 34.1 Å². The fourth-order valence-electron chi connectivity index (χ4n) is 3.50. The zero-order valence-electron chi connectivity index (χ0n) is 16.7. The molecular formula is C22H19N5O4. The molecule has 0 spiro atoms. The second kappa shape index (κ2) is 7.35. The van der Waals surface area contributed by atoms with Gasteiger partial charge in [0.15, 0.2) is 5.65 Å². The van der Waals surface area contributed by atoms with Crippen LogP contribution >= 0.6 is 0 Å². The van der Waals surface area contributed by atoms with Crippen molar-refractivity contribution in [3.8, 4) is 11.3 Å². The number of nitrogens with one attached hydrogen (secondary N) is 2. The van der Waals surface area contributed by atoms with Crippen molar-refractivity contribution >= 4 is 35.3 Å². The number of hydrogen-bond acceptors (Lipinski definition) is 7. The first-order valence-corrected chi connectivity index (χ1v) is 9.90. The molecule has 1 saturated carbocycles. The van der Waals surface area contributed by atoms with Crippen LogP contribution < -0.4 is 10.6 Å². The van der Waals surface area contributed by atoms with Crippen LogP contribution in [0.15, 0.2) is 42.1 Å². The molecule has 2 aliphatic rings. The van der Waals surface area contributed by atoms with Gasteiger partial charge in [-0.2, -0.15) is 9.61 Å². The molecule has 9 nitrogen and oxygen atoms in total. The van der Waals surface area contributed by atoms with Crippen molar-refractivity contribution in [1.82, 2.24) is 19.9 Å². The van der Waals surface area contributed by atoms with E-state index in [1.807, 2.05) is 12.1 Å². The first-order chi connectivity index (χ1) is 15.0. The summed E-state index contributed by atoms with van der Waals surface area (Å²) < 4.78 is 6.51. The zero-order chi connectivity index (χ0) is 21.5. The van der Waals surface area contributed by atoms with Crippen molar-refractivity contribution in [1.29, 1.82) is 0 Å². The second-order valence-corrected chi connectivity index (χ2v) is 7.58. The fourth-order valence-corrected chi connectivity index (χ4v) is 3.50. The molecule has 5 rings (SSSR count). The number of aromatic nitrogens is 3. The smallest absolute Gasteiger partial charge is 0.337 e. The Morgan fingerprint density at radius 1 is 1.29 bits per heavy atom. The van der Waals surface area contributed by atoms with Crippen LogP contribution in [-0.2, 0) is 14.3 Å². The SMILES string of the molecule is COC(=O)c1cccc(-c2cc(NC3CC3)n3ncc(/C=C4\CC(=O)NC4=O)c3n2)c1. The molecule has 2 amide bonds. The van der Waals surface area contributed by atoms with E-state index in [1.54, 1.807) is 35.0 Å². The normalized spacial score (nSPS) is 17.3. The van der Waals surface area contributed by atoms with Crippen LogP contribution in [0.3, 0.4) is 0 Å². The number of hydrogen-bond donors (Lipinski definition) is 2. The van der Waals surface area contributed by atoms with Gasteiger partial charge in [0, 0.05) is 28.8 Å². The van der Waals surface area contributed by atoms with Gasteiger partial charge in [-0.05, 0) is 31.1 Å². The maximum atomic E-state index is 12.0. The summed E-state index contributed by atoms with van der Waals surface area (Å²) in [5.74, 6) is -0.381. The predicted molar refractivity (Wildman–Crippen MR) is 112 cm³/mol. The van der Waals surface area contributed by atoms with E-state index in [-0.39, 0.29) is 12.3 Å². The Balaban J connectivity index is 1.64. The standard InChI is InChI=1S/C22H19N5O4/c1-31-22(30)13-4-2-3-12(7-13)17-10-18(24-16-5-6-16)27-20(25-17)15(11-23-27)8-14-9-19(28)26-21(14)29/h2-4,7-8,10-11,16,24H,5-6,9H2,1H3,(H,26,28,29)/b14-8+. The number of nitrogens with zero attached hydrogens (tertiary/aromatic N) is 3. The predicted octanol–water partition coefficient (Wildman–Crippen LogP) is 2.19. The first kappa shape index (κ1) is 19.0. The maximum Gasteiger partial charge on any atom is 0.337 e. The number of fused-ring (bicyclic) bond motifs is 1. The molecule has 1 aliphatic heterocycles. The van der Waals surface area contributed by atoms with Gasteiger partial charge < -0.3 is 10.1 Å². The summed E-state index contributed by atoms with van der Waals surface area (Å²) in [7, 11) is 1.34. The van der Waals surface area contributed by atoms with Crippen LogP contribution in [0, 0.1) is 0 Å². The Hall–Kier alpha value is -4.01. The molecule has 3 heterocycles. The van der Waals surface area contributed by atoms with Crippen LogP contribution in [0.1, 0.15) is 35.2 Å². The third-order valence-electron chi connectivity index (χ3n) is 5.23. The molecule has 9 heteroatoms. The van der Waals surface area contributed by atoms with E-state index in [4.69, 9.17) is 9.72 Å². The number of carbonyl (C=O) groups excluding carboxylic acids is 3. The van der Waals surface area contributed by atoms with Crippen LogP contribution in [0.2, 0.25) is 0 Å². The highest BCUT2D eigenvalue weighted by Crippen LogP contribution is 2.30. The average Bonchev–Trinajstić information content (AvgIpc) is 3.41. The monoisotopic (exact) mass is 417 g/mol. The Bertz CT molecular complexity index is 1270. The van der Waals surface area contributed by atoms with Crippen molar-refractivity contribution in [2.45, 2.75) is 25.3 Å². The lowest BCUT2D eigenvalue weighted by molar-refractivity contribution is -0.124. The Kier molecular flexibility index (Phi) is 4.50. The van der Waals surface area contributed by atoms with Crippen LogP contribution in [0.25, 0.3) is 23.0 Å². The minimum absolute atomic E-state index is 0.0320. The minimum Gasteiger partial charge on any atom is -0.465 e. The van der Waals surface area contributed by atoms with Crippen molar-refractivity contribution in [3.63, 3.8) is 0 Å². The second-order valence-electron chi connectivity index (χ2n) is 7.58. The number of esters is 1. The lowest BCUT2D eigenvalue weighted by Gasteiger charge is -2.11. The van der Waals surface area contributed by atoms with Crippen molar-refractivity contribution < 1.29 is 19.1 Å². The minimum atomic E-state index is -0.425. The molecule has 156 valence electrons. The highest BCUT2D eigenvalue weighted by Gasteiger charge is 2.26. The number of ether oxygens (including phenoxy) is 1. The van der Waals surface area contributed by atoms with Gasteiger partial charge in [-0.1, -0.05) is 12.1 Å². The van der Waals surface area contributed by atoms with Crippen molar-refractivity contribution in [3.05, 3.63) is 53.2 Å². The van der Waals surface area contributed by atoms with E-state index in [9.17, 15) is 14.4 Å². The summed E-state index contributed by atoms with van der Waals surface area (Å²) in [4.78, 5) is 40.2. The molecule has 1 aliphatic carbocycles. The van der Waals surface area contributed by atoms with Gasteiger partial charge in [0.25, 0.3) is 5.91 Å². The van der Waals surface area contributed by atoms with Crippen LogP contribution in [-0.4, -0.2) is 45.5 Å². The van der Waals surface area contributed by atoms with Crippen LogP contribution in [0.5, 0.6) is 0 Å². The van der Waals surface area contributed by atoms with E-state index in [2.05, 4.69) is 15.7 Å². The summed E-state index contributed by atoms with van der Waals surface area (Å²) in [5, 5.41) is 10.2. The topological polar surface area (TPSA) is 115 Å². The van der Waals surface area contributed by atoms with Gasteiger partial charge in [0.05, 0.1) is 31.0 Å². The summed E-state index contributed by atoms with van der Waals surface area (Å²) in [6.45, 7) is 0. The highest BCUT2D eigenvalue weighted by molar-refractivity contribution is 6.15. The summed E-state index contributed by atoms with van der Waals surface area (Å²) in [6.07, 6.45) is 5.46. The zero-order valence-corrected chi connectivity index (χ0v) is 16.7. The molecule has 2 aromatic heterocycles. The number of rotatable bonds is 5. The van der Waals surface area contributed by atoms with Crippen LogP contribution in [0.4, 0.5) is 5.82 Å². The molecule has 31 heavy (non-hydrogen) atoms. The van der Waals surface area contributed by atoms with E-state index in [1.165, 1.54) is 7.11 Å². The Labute approximate surface area is 177 Å². The fraction of sp³-hybridized carbons (Fsp3) is 0.227.